The number of carbonyl (C=O) groups is 10. The molecule has 23 heteroatoms. The molecule has 0 aliphatic carbocycles. The lowest BCUT2D eigenvalue weighted by Crippen LogP contribution is -2.61. The van der Waals surface area contributed by atoms with E-state index in [2.05, 4.69) is 44.1 Å². The van der Waals surface area contributed by atoms with Crippen molar-refractivity contribution >= 4 is 59.3 Å². The number of carbonyl (C=O) groups excluding carboxylic acids is 10. The van der Waals surface area contributed by atoms with E-state index in [4.69, 9.17) is 29.4 Å². The van der Waals surface area contributed by atoms with Crippen LogP contribution in [0.25, 0.3) is 0 Å². The van der Waals surface area contributed by atoms with Gasteiger partial charge in [0.05, 0.1) is 39.1 Å². The Balaban J connectivity index is 1.84. The quantitative estimate of drug-likeness (QED) is 0.0148. The van der Waals surface area contributed by atoms with Crippen LogP contribution in [-0.2, 0) is 68.8 Å². The van der Waals surface area contributed by atoms with Gasteiger partial charge in [0.1, 0.15) is 66.1 Å². The van der Waals surface area contributed by atoms with E-state index in [1.807, 2.05) is 103 Å². The molecule has 9 N–H and O–H groups in total. The zero-order valence-electron chi connectivity index (χ0n) is 63.2. The van der Waals surface area contributed by atoms with E-state index in [0.29, 0.717) is 30.8 Å². The summed E-state index contributed by atoms with van der Waals surface area (Å²) >= 11 is 0. The predicted molar refractivity (Wildman–Crippen MR) is 390 cm³/mol. The summed E-state index contributed by atoms with van der Waals surface area (Å²) in [7, 11) is 3.12. The topological polar surface area (TPSA) is 327 Å². The van der Waals surface area contributed by atoms with Crippen molar-refractivity contribution in [2.75, 3.05) is 14.2 Å². The van der Waals surface area contributed by atoms with E-state index < -0.39 is 132 Å². The van der Waals surface area contributed by atoms with Crippen molar-refractivity contribution in [1.29, 1.82) is 0 Å². The zero-order chi connectivity index (χ0) is 75.4. The summed E-state index contributed by atoms with van der Waals surface area (Å²) in [6, 6.07) is 14.0. The maximum Gasteiger partial charge on any atom is 0.329 e. The van der Waals surface area contributed by atoms with Crippen molar-refractivity contribution in [3.8, 4) is 11.5 Å². The second-order valence-electron chi connectivity index (χ2n) is 29.2. The molecule has 1 unspecified atom stereocenters. The van der Waals surface area contributed by atoms with Crippen molar-refractivity contribution < 1.29 is 71.6 Å². The lowest BCUT2D eigenvalue weighted by Gasteiger charge is -2.30. The molecule has 0 aliphatic heterocycles. The van der Waals surface area contributed by atoms with Gasteiger partial charge in [-0.2, -0.15) is 0 Å². The minimum Gasteiger partial charge on any atom is -0.497 e. The Labute approximate surface area is 601 Å². The highest BCUT2D eigenvalue weighted by Crippen LogP contribution is 2.27. The fraction of sp³-hybridized carbons (Fsp3) is 0.641. The lowest BCUT2D eigenvalue weighted by atomic mass is 9.97. The number of hydrogen-bond donors (Lipinski definition) is 8. The molecule has 101 heavy (non-hydrogen) atoms. The van der Waals surface area contributed by atoms with E-state index in [9.17, 15) is 47.9 Å². The van der Waals surface area contributed by atoms with E-state index in [0.717, 1.165) is 42.4 Å². The van der Waals surface area contributed by atoms with Gasteiger partial charge in [0.2, 0.25) is 41.4 Å². The second kappa shape index (κ2) is 45.7. The van der Waals surface area contributed by atoms with Crippen LogP contribution in [0.15, 0.2) is 78.9 Å². The molecule has 0 radical (unpaired) electrons. The summed E-state index contributed by atoms with van der Waals surface area (Å²) in [6.07, 6.45) is 8.72. The molecular formula is C78H122N8O15. The van der Waals surface area contributed by atoms with E-state index in [1.165, 1.54) is 25.7 Å². The highest BCUT2D eigenvalue weighted by Gasteiger charge is 2.38. The van der Waals surface area contributed by atoms with Crippen molar-refractivity contribution in [2.45, 2.75) is 279 Å². The molecule has 0 saturated carbocycles. The molecule has 23 nitrogen and oxygen atoms in total. The summed E-state index contributed by atoms with van der Waals surface area (Å²) in [5.74, 6) is -7.61. The van der Waals surface area contributed by atoms with Gasteiger partial charge < -0.3 is 66.6 Å². The minimum atomic E-state index is -1.67. The summed E-state index contributed by atoms with van der Waals surface area (Å²) in [5.41, 5.74) is 7.76. The smallest absolute Gasteiger partial charge is 0.329 e. The third-order valence-corrected chi connectivity index (χ3v) is 17.2. The zero-order valence-corrected chi connectivity index (χ0v) is 63.2. The third kappa shape index (κ3) is 34.0. The van der Waals surface area contributed by atoms with Crippen LogP contribution in [-0.4, -0.2) is 127 Å². The first-order chi connectivity index (χ1) is 47.8. The maximum absolute atomic E-state index is 14.7. The summed E-state index contributed by atoms with van der Waals surface area (Å²) in [5, 5.41) is 19.6. The number of benzene rings is 3. The molecule has 0 aliphatic rings. The normalized spacial score (nSPS) is 14.2. The Kier molecular flexibility index (Phi) is 39.4. The fourth-order valence-corrected chi connectivity index (χ4v) is 11.4. The number of esters is 3. The number of amides is 7. The van der Waals surface area contributed by atoms with Gasteiger partial charge in [0.15, 0.2) is 0 Å². The van der Waals surface area contributed by atoms with Crippen LogP contribution in [0, 0.1) is 29.6 Å². The minimum absolute atomic E-state index is 0.0438. The highest BCUT2D eigenvalue weighted by atomic mass is 16.6. The van der Waals surface area contributed by atoms with Crippen LogP contribution in [0.2, 0.25) is 0 Å². The molecule has 0 bridgehead atoms. The van der Waals surface area contributed by atoms with Gasteiger partial charge in [0.25, 0.3) is 0 Å². The van der Waals surface area contributed by atoms with Crippen LogP contribution in [0.1, 0.15) is 235 Å². The maximum atomic E-state index is 14.7. The number of ether oxygens (including phenoxy) is 5. The fourth-order valence-electron chi connectivity index (χ4n) is 11.4. The third-order valence-electron chi connectivity index (χ3n) is 17.2. The molecule has 3 aromatic rings. The summed E-state index contributed by atoms with van der Waals surface area (Å²) < 4.78 is 28.0. The standard InChI is InChI=1S/C78H122N8O15/c1-17-19-20-21-22-23-24-25-29-32-59(46-66(88)99-48-54-30-27-26-28-31-54)100-77(96)69(53(11)18-2)86-75(94)63(45-51(7)8)82-73(92)64(47-67(89)101-78(12,13)14)83-76(95)68(52(9)10)85-74(93)62(44-50(5)6)81-72(91)61(43-49(3)4)80-71(90)60(79)41-42-65(87)84-70(55-33-37-57(97-15)38-34-55)56-35-39-58(98-16)40-36-56/h26-28,30-31,33-40,49-53,59-64,68-70H,17-25,29,32,41-48,79H2,1-16H3,(H,80,90)(H,81,91)(H,82,92)(H,83,95)(H,84,87)(H,85,93)(H,86,94)/t53-,59?,60-,61-,62+,63-,64-,68-,69-/m0/s1. The Morgan fingerprint density at radius 3 is 1.38 bits per heavy atom. The largest absolute Gasteiger partial charge is 0.497 e. The van der Waals surface area contributed by atoms with Gasteiger partial charge in [-0.15, -0.1) is 0 Å². The molecule has 564 valence electrons. The van der Waals surface area contributed by atoms with E-state index >= 15 is 0 Å². The predicted octanol–water partition coefficient (Wildman–Crippen LogP) is 10.5. The van der Waals surface area contributed by atoms with Gasteiger partial charge in [0, 0.05) is 6.42 Å². The SMILES string of the molecule is CCCCCCCCCCCC(CC(=O)OCc1ccccc1)OC(=O)[C@@H](NC(=O)[C@H](CC(C)C)NC(=O)[C@H](CC(=O)OC(C)(C)C)NC(=O)[C@@H](NC(=O)[C@@H](CC(C)C)NC(=O)[C@H](CC(C)C)NC(=O)[C@@H](N)CCC(=O)NC(c1ccc(OC)cc1)c1ccc(OC)cc1)C(C)C)[C@@H](C)CC. The summed E-state index contributed by atoms with van der Waals surface area (Å²) in [4.78, 5) is 142. The Morgan fingerprint density at radius 1 is 0.475 bits per heavy atom. The molecule has 0 saturated heterocycles. The molecule has 0 aromatic heterocycles. The average molecular weight is 1410 g/mol. The molecule has 3 rings (SSSR count). The molecule has 7 amide bonds. The van der Waals surface area contributed by atoms with Crippen LogP contribution < -0.4 is 52.4 Å². The van der Waals surface area contributed by atoms with Crippen LogP contribution in [0.4, 0.5) is 0 Å². The van der Waals surface area contributed by atoms with Crippen molar-refractivity contribution in [2.24, 2.45) is 35.3 Å². The monoisotopic (exact) mass is 1410 g/mol. The lowest BCUT2D eigenvalue weighted by molar-refractivity contribution is -0.160. The molecule has 3 aromatic carbocycles. The number of nitrogens with one attached hydrogen (secondary N) is 7. The summed E-state index contributed by atoms with van der Waals surface area (Å²) in [6.45, 7) is 25.1. The van der Waals surface area contributed by atoms with E-state index in [1.54, 1.807) is 80.0 Å². The molecular weight excluding hydrogens is 1290 g/mol. The van der Waals surface area contributed by atoms with Crippen molar-refractivity contribution in [1.82, 2.24) is 37.2 Å². The molecule has 0 spiro atoms. The number of methoxy groups -OCH3 is 2. The van der Waals surface area contributed by atoms with Gasteiger partial charge >= 0.3 is 17.9 Å². The highest BCUT2D eigenvalue weighted by molar-refractivity contribution is 5.98. The first kappa shape index (κ1) is 87.1. The average Bonchev–Trinajstić information content (AvgIpc) is 0.840. The number of hydrogen-bond acceptors (Lipinski definition) is 16. The Hall–Kier alpha value is -8.08. The molecule has 0 fully saturated rings. The van der Waals surface area contributed by atoms with Gasteiger partial charge in [-0.05, 0) is 130 Å². The van der Waals surface area contributed by atoms with Crippen LogP contribution in [0.5, 0.6) is 11.5 Å². The number of nitrogens with two attached hydrogens (primary N) is 1. The molecule has 9 atom stereocenters. The number of unbranched alkanes of at least 4 members (excludes halogenated alkanes) is 8. The van der Waals surface area contributed by atoms with Crippen molar-refractivity contribution in [3.63, 3.8) is 0 Å². The first-order valence-electron chi connectivity index (χ1n) is 36.5. The molecule has 0 heterocycles. The van der Waals surface area contributed by atoms with E-state index in [-0.39, 0.29) is 68.8 Å². The van der Waals surface area contributed by atoms with Crippen LogP contribution >= 0.6 is 0 Å². The van der Waals surface area contributed by atoms with Gasteiger partial charge in [-0.1, -0.05) is 189 Å². The Morgan fingerprint density at radius 2 is 0.921 bits per heavy atom. The van der Waals surface area contributed by atoms with Crippen molar-refractivity contribution in [3.05, 3.63) is 95.6 Å². The second-order valence-corrected chi connectivity index (χ2v) is 29.2. The van der Waals surface area contributed by atoms with Gasteiger partial charge in [-0.3, -0.25) is 43.2 Å². The Bertz CT molecular complexity index is 2980. The number of rotatable bonds is 47. The first-order valence-corrected chi connectivity index (χ1v) is 36.5. The van der Waals surface area contributed by atoms with Crippen LogP contribution in [0.3, 0.4) is 0 Å². The van der Waals surface area contributed by atoms with Gasteiger partial charge in [-0.25, -0.2) is 4.79 Å².